The summed E-state index contributed by atoms with van der Waals surface area (Å²) in [5.41, 5.74) is 10.1. The molecular formula is C7H15N5O2. The predicted octanol–water partition coefficient (Wildman–Crippen LogP) is -1.74. The van der Waals surface area contributed by atoms with Crippen LogP contribution in [0.3, 0.4) is 0 Å². The third-order valence-electron chi connectivity index (χ3n) is 1.79. The molecule has 0 saturated carbocycles. The maximum atomic E-state index is 11.0. The van der Waals surface area contributed by atoms with E-state index in [1.165, 1.54) is 0 Å². The van der Waals surface area contributed by atoms with Gasteiger partial charge < -0.3 is 21.5 Å². The molecule has 7 nitrogen and oxygen atoms in total. The lowest BCUT2D eigenvalue weighted by Crippen LogP contribution is -2.43. The van der Waals surface area contributed by atoms with E-state index in [9.17, 15) is 4.79 Å². The molecule has 0 aromatic rings. The van der Waals surface area contributed by atoms with Crippen molar-refractivity contribution >= 4 is 12.0 Å². The van der Waals surface area contributed by atoms with Gasteiger partial charge in [-0.1, -0.05) is 0 Å². The average molecular weight is 201 g/mol. The number of carbonyl (C=O) groups excluding carboxylic acids is 1. The van der Waals surface area contributed by atoms with Crippen molar-refractivity contribution in [1.82, 2.24) is 10.2 Å². The van der Waals surface area contributed by atoms with E-state index in [1.807, 2.05) is 4.90 Å². The van der Waals surface area contributed by atoms with Crippen LogP contribution in [0, 0.1) is 0 Å². The fraction of sp³-hybridized carbons (Fsp3) is 0.714. The van der Waals surface area contributed by atoms with Crippen molar-refractivity contribution in [3.8, 4) is 0 Å². The third-order valence-corrected chi connectivity index (χ3v) is 1.79. The molecule has 14 heavy (non-hydrogen) atoms. The van der Waals surface area contributed by atoms with Crippen molar-refractivity contribution in [3.63, 3.8) is 0 Å². The second-order valence-corrected chi connectivity index (χ2v) is 2.91. The molecule has 1 saturated heterocycles. The van der Waals surface area contributed by atoms with Gasteiger partial charge in [-0.3, -0.25) is 4.90 Å². The summed E-state index contributed by atoms with van der Waals surface area (Å²) in [6.45, 7) is 3.44. The standard InChI is InChI=1S/C7H15N5O2/c8-6(9)11-7(13)10-5-12-1-3-14-4-2-12/h1-5H2,(H5,8,9,10,11,13). The van der Waals surface area contributed by atoms with E-state index in [1.54, 1.807) is 0 Å². The Labute approximate surface area is 82.1 Å². The van der Waals surface area contributed by atoms with E-state index < -0.39 is 6.03 Å². The van der Waals surface area contributed by atoms with E-state index in [-0.39, 0.29) is 5.96 Å². The number of amides is 2. The number of ether oxygens (including phenoxy) is 1. The number of hydrogen-bond donors (Lipinski definition) is 3. The van der Waals surface area contributed by atoms with Crippen molar-refractivity contribution in [1.29, 1.82) is 0 Å². The lowest BCUT2D eigenvalue weighted by Gasteiger charge is -2.26. The van der Waals surface area contributed by atoms with Crippen LogP contribution in [-0.4, -0.2) is 49.9 Å². The van der Waals surface area contributed by atoms with Gasteiger partial charge >= 0.3 is 6.03 Å². The van der Waals surface area contributed by atoms with Gasteiger partial charge in [-0.25, -0.2) is 4.79 Å². The SMILES string of the molecule is NC(N)=NC(=O)NCN1CCOCC1. The zero-order chi connectivity index (χ0) is 10.4. The Bertz CT molecular complexity index is 220. The number of aliphatic imine (C=N–C) groups is 1. The molecular weight excluding hydrogens is 186 g/mol. The number of rotatable bonds is 2. The second-order valence-electron chi connectivity index (χ2n) is 2.91. The molecule has 0 aromatic heterocycles. The molecule has 80 valence electrons. The molecule has 1 aliphatic heterocycles. The van der Waals surface area contributed by atoms with Crippen molar-refractivity contribution in [2.75, 3.05) is 33.0 Å². The summed E-state index contributed by atoms with van der Waals surface area (Å²) in [5.74, 6) is -0.232. The van der Waals surface area contributed by atoms with Gasteiger partial charge in [0.15, 0.2) is 5.96 Å². The normalized spacial score (nSPS) is 17.4. The largest absolute Gasteiger partial charge is 0.379 e. The van der Waals surface area contributed by atoms with Gasteiger partial charge in [-0.05, 0) is 0 Å². The summed E-state index contributed by atoms with van der Waals surface area (Å²) in [7, 11) is 0. The molecule has 5 N–H and O–H groups in total. The zero-order valence-electron chi connectivity index (χ0n) is 7.90. The summed E-state index contributed by atoms with van der Waals surface area (Å²) in [6.07, 6.45) is 0. The van der Waals surface area contributed by atoms with Crippen LogP contribution in [0.4, 0.5) is 4.79 Å². The summed E-state index contributed by atoms with van der Waals surface area (Å²) >= 11 is 0. The Morgan fingerprint density at radius 3 is 2.64 bits per heavy atom. The summed E-state index contributed by atoms with van der Waals surface area (Å²) in [6, 6.07) is -0.517. The molecule has 1 heterocycles. The number of morpholine rings is 1. The second kappa shape index (κ2) is 5.40. The van der Waals surface area contributed by atoms with E-state index >= 15 is 0 Å². The van der Waals surface area contributed by atoms with Crippen LogP contribution in [0.1, 0.15) is 0 Å². The first-order valence-electron chi connectivity index (χ1n) is 4.36. The molecule has 2 amide bonds. The first-order chi connectivity index (χ1) is 6.68. The molecule has 7 heteroatoms. The monoisotopic (exact) mass is 201 g/mol. The minimum atomic E-state index is -0.517. The van der Waals surface area contributed by atoms with Crippen LogP contribution in [0.15, 0.2) is 4.99 Å². The van der Waals surface area contributed by atoms with Gasteiger partial charge in [0.05, 0.1) is 19.9 Å². The fourth-order valence-electron chi connectivity index (χ4n) is 1.10. The number of urea groups is 1. The number of nitrogens with zero attached hydrogens (tertiary/aromatic N) is 2. The first-order valence-corrected chi connectivity index (χ1v) is 4.36. The highest BCUT2D eigenvalue weighted by Crippen LogP contribution is 1.93. The molecule has 0 unspecified atom stereocenters. The van der Waals surface area contributed by atoms with Gasteiger partial charge in [0, 0.05) is 13.1 Å². The van der Waals surface area contributed by atoms with Gasteiger partial charge in [0.1, 0.15) is 0 Å². The van der Waals surface area contributed by atoms with Crippen molar-refractivity contribution in [2.45, 2.75) is 0 Å². The molecule has 1 fully saturated rings. The topological polar surface area (TPSA) is 106 Å². The zero-order valence-corrected chi connectivity index (χ0v) is 7.90. The van der Waals surface area contributed by atoms with Gasteiger partial charge in [0.2, 0.25) is 0 Å². The molecule has 0 radical (unpaired) electrons. The molecule has 0 spiro atoms. The van der Waals surface area contributed by atoms with Crippen LogP contribution in [-0.2, 0) is 4.74 Å². The Morgan fingerprint density at radius 2 is 2.07 bits per heavy atom. The Morgan fingerprint density at radius 1 is 1.43 bits per heavy atom. The number of nitrogens with two attached hydrogens (primary N) is 2. The Hall–Kier alpha value is -1.34. The predicted molar refractivity (Wildman–Crippen MR) is 51.6 cm³/mol. The minimum Gasteiger partial charge on any atom is -0.379 e. The van der Waals surface area contributed by atoms with Crippen molar-refractivity contribution < 1.29 is 9.53 Å². The summed E-state index contributed by atoms with van der Waals surface area (Å²) < 4.78 is 5.15. The van der Waals surface area contributed by atoms with Crippen molar-refractivity contribution in [3.05, 3.63) is 0 Å². The van der Waals surface area contributed by atoms with Gasteiger partial charge in [-0.2, -0.15) is 4.99 Å². The Balaban J connectivity index is 2.19. The quantitative estimate of drug-likeness (QED) is 0.363. The first kappa shape index (κ1) is 10.7. The molecule has 1 aliphatic rings. The van der Waals surface area contributed by atoms with E-state index in [0.717, 1.165) is 13.1 Å². The van der Waals surface area contributed by atoms with Crippen LogP contribution in [0.2, 0.25) is 0 Å². The third kappa shape index (κ3) is 4.06. The number of nitrogens with one attached hydrogen (secondary N) is 1. The summed E-state index contributed by atoms with van der Waals surface area (Å²) in [4.78, 5) is 16.4. The Kier molecular flexibility index (Phi) is 4.14. The van der Waals surface area contributed by atoms with E-state index in [4.69, 9.17) is 16.2 Å². The van der Waals surface area contributed by atoms with Gasteiger partial charge in [-0.15, -0.1) is 0 Å². The maximum absolute atomic E-state index is 11.0. The number of carbonyl (C=O) groups is 1. The lowest BCUT2D eigenvalue weighted by molar-refractivity contribution is 0.0357. The maximum Gasteiger partial charge on any atom is 0.345 e. The lowest BCUT2D eigenvalue weighted by atomic mass is 10.4. The van der Waals surface area contributed by atoms with E-state index in [2.05, 4.69) is 10.3 Å². The average Bonchev–Trinajstić information content (AvgIpc) is 2.15. The van der Waals surface area contributed by atoms with Gasteiger partial charge in [0.25, 0.3) is 0 Å². The fourth-order valence-corrected chi connectivity index (χ4v) is 1.10. The molecule has 0 atom stereocenters. The number of guanidine groups is 1. The molecule has 1 rings (SSSR count). The van der Waals surface area contributed by atoms with Crippen LogP contribution in [0.25, 0.3) is 0 Å². The van der Waals surface area contributed by atoms with Crippen LogP contribution in [0.5, 0.6) is 0 Å². The minimum absolute atomic E-state index is 0.232. The van der Waals surface area contributed by atoms with E-state index in [0.29, 0.717) is 19.9 Å². The van der Waals surface area contributed by atoms with Crippen LogP contribution >= 0.6 is 0 Å². The smallest absolute Gasteiger partial charge is 0.345 e. The van der Waals surface area contributed by atoms with Crippen LogP contribution < -0.4 is 16.8 Å². The number of hydrogen-bond acceptors (Lipinski definition) is 3. The summed E-state index contributed by atoms with van der Waals surface area (Å²) in [5, 5.41) is 2.57. The highest BCUT2D eigenvalue weighted by atomic mass is 16.5. The molecule has 0 aliphatic carbocycles. The highest BCUT2D eigenvalue weighted by Gasteiger charge is 2.10. The molecule has 0 aromatic carbocycles. The highest BCUT2D eigenvalue weighted by molar-refractivity contribution is 5.90. The molecule has 0 bridgehead atoms. The van der Waals surface area contributed by atoms with Crippen molar-refractivity contribution in [2.24, 2.45) is 16.5 Å².